The smallest absolute Gasteiger partial charge is 0.163 e. The molecule has 1 aromatic carbocycles. The highest BCUT2D eigenvalue weighted by Gasteiger charge is 2.24. The van der Waals surface area contributed by atoms with E-state index in [4.69, 9.17) is 0 Å². The second kappa shape index (κ2) is 6.54. The largest absolute Gasteiger partial charge is 0.507 e. The number of carbonyl (C=O) groups excluding carboxylic acids is 1. The molecule has 1 aliphatic rings. The minimum Gasteiger partial charge on any atom is -0.507 e. The Morgan fingerprint density at radius 3 is 2.71 bits per heavy atom. The minimum atomic E-state index is -0.478. The Bertz CT molecular complexity index is 533. The van der Waals surface area contributed by atoms with Crippen LogP contribution in [0, 0.1) is 5.82 Å². The van der Waals surface area contributed by atoms with Crippen LogP contribution in [0.25, 0.3) is 0 Å². The van der Waals surface area contributed by atoms with Gasteiger partial charge in [0.1, 0.15) is 11.6 Å². The first-order valence-corrected chi connectivity index (χ1v) is 7.41. The number of ketones is 1. The Labute approximate surface area is 125 Å². The highest BCUT2D eigenvalue weighted by atomic mass is 19.1. The second-order valence-electron chi connectivity index (χ2n) is 5.73. The summed E-state index contributed by atoms with van der Waals surface area (Å²) in [6, 6.07) is 2.85. The highest BCUT2D eigenvalue weighted by Crippen LogP contribution is 2.26. The molecule has 1 atom stereocenters. The maximum absolute atomic E-state index is 13.6. The normalized spacial score (nSPS) is 20.7. The van der Waals surface area contributed by atoms with Crippen LogP contribution in [0.15, 0.2) is 12.1 Å². The van der Waals surface area contributed by atoms with Crippen molar-refractivity contribution in [2.24, 2.45) is 0 Å². The van der Waals surface area contributed by atoms with Crippen molar-refractivity contribution in [3.63, 3.8) is 0 Å². The monoisotopic (exact) mass is 294 g/mol. The number of phenolic OH excluding ortho intramolecular Hbond substituents is 1. The van der Waals surface area contributed by atoms with E-state index in [1.165, 1.54) is 13.0 Å². The van der Waals surface area contributed by atoms with Gasteiger partial charge in [0, 0.05) is 37.8 Å². The van der Waals surface area contributed by atoms with Gasteiger partial charge in [-0.3, -0.25) is 14.6 Å². The Hall–Kier alpha value is -1.46. The number of rotatable bonds is 4. The first kappa shape index (κ1) is 15.9. The number of hydrogen-bond acceptors (Lipinski definition) is 4. The SMILES string of the molecule is CCN1CCN(Cc2cc(F)cc(C(C)=O)c2O)CC1C. The summed E-state index contributed by atoms with van der Waals surface area (Å²) in [5.41, 5.74) is 0.544. The second-order valence-corrected chi connectivity index (χ2v) is 5.73. The molecule has 1 unspecified atom stereocenters. The van der Waals surface area contributed by atoms with Crippen LogP contribution in [-0.4, -0.2) is 52.9 Å². The summed E-state index contributed by atoms with van der Waals surface area (Å²) in [6.45, 7) is 9.85. The third kappa shape index (κ3) is 3.60. The first-order chi connectivity index (χ1) is 9.92. The van der Waals surface area contributed by atoms with Gasteiger partial charge in [0.15, 0.2) is 5.78 Å². The molecule has 4 nitrogen and oxygen atoms in total. The Morgan fingerprint density at radius 1 is 1.43 bits per heavy atom. The van der Waals surface area contributed by atoms with Gasteiger partial charge in [-0.1, -0.05) is 6.92 Å². The van der Waals surface area contributed by atoms with Crippen LogP contribution in [0.1, 0.15) is 36.7 Å². The number of nitrogens with zero attached hydrogens (tertiary/aromatic N) is 2. The third-order valence-electron chi connectivity index (χ3n) is 4.18. The summed E-state index contributed by atoms with van der Waals surface area (Å²) in [5, 5.41) is 10.2. The number of benzene rings is 1. The van der Waals surface area contributed by atoms with Crippen LogP contribution in [0.4, 0.5) is 4.39 Å². The van der Waals surface area contributed by atoms with Crippen molar-refractivity contribution in [3.8, 4) is 5.75 Å². The number of phenols is 1. The van der Waals surface area contributed by atoms with Gasteiger partial charge in [0.2, 0.25) is 0 Å². The molecule has 1 heterocycles. The molecule has 1 N–H and O–H groups in total. The van der Waals surface area contributed by atoms with E-state index in [1.54, 1.807) is 0 Å². The number of aromatic hydroxyl groups is 1. The molecule has 0 saturated carbocycles. The molecule has 116 valence electrons. The summed E-state index contributed by atoms with van der Waals surface area (Å²) in [7, 11) is 0. The van der Waals surface area contributed by atoms with Crippen LogP contribution in [-0.2, 0) is 6.54 Å². The molecule has 0 spiro atoms. The predicted octanol–water partition coefficient (Wildman–Crippen LogP) is 2.26. The highest BCUT2D eigenvalue weighted by molar-refractivity contribution is 5.97. The minimum absolute atomic E-state index is 0.0604. The fourth-order valence-electron chi connectivity index (χ4n) is 2.97. The average molecular weight is 294 g/mol. The lowest BCUT2D eigenvalue weighted by Crippen LogP contribution is -2.51. The van der Waals surface area contributed by atoms with E-state index in [9.17, 15) is 14.3 Å². The predicted molar refractivity (Wildman–Crippen MR) is 80.1 cm³/mol. The van der Waals surface area contributed by atoms with E-state index in [0.717, 1.165) is 32.2 Å². The van der Waals surface area contributed by atoms with Crippen molar-refractivity contribution in [3.05, 3.63) is 29.1 Å². The summed E-state index contributed by atoms with van der Waals surface area (Å²) in [6.07, 6.45) is 0. The van der Waals surface area contributed by atoms with Gasteiger partial charge in [-0.05, 0) is 32.5 Å². The lowest BCUT2D eigenvalue weighted by atomic mass is 10.0. The molecule has 1 aliphatic heterocycles. The van der Waals surface area contributed by atoms with Crippen molar-refractivity contribution < 1.29 is 14.3 Å². The van der Waals surface area contributed by atoms with Gasteiger partial charge in [0.25, 0.3) is 0 Å². The zero-order valence-electron chi connectivity index (χ0n) is 12.9. The van der Waals surface area contributed by atoms with Crippen molar-refractivity contribution in [1.82, 2.24) is 9.80 Å². The van der Waals surface area contributed by atoms with E-state index in [2.05, 4.69) is 23.6 Å². The molecule has 5 heteroatoms. The van der Waals surface area contributed by atoms with Gasteiger partial charge in [-0.2, -0.15) is 0 Å². The average Bonchev–Trinajstić information content (AvgIpc) is 2.42. The number of halogens is 1. The van der Waals surface area contributed by atoms with Crippen LogP contribution < -0.4 is 0 Å². The quantitative estimate of drug-likeness (QED) is 0.865. The number of likely N-dealkylation sites (N-methyl/N-ethyl adjacent to an activating group) is 1. The van der Waals surface area contributed by atoms with E-state index in [-0.39, 0.29) is 17.1 Å². The molecule has 21 heavy (non-hydrogen) atoms. The molecule has 0 radical (unpaired) electrons. The molecular weight excluding hydrogens is 271 g/mol. The topological polar surface area (TPSA) is 43.8 Å². The van der Waals surface area contributed by atoms with Crippen LogP contribution in [0.5, 0.6) is 5.75 Å². The first-order valence-electron chi connectivity index (χ1n) is 7.41. The zero-order valence-corrected chi connectivity index (χ0v) is 12.9. The van der Waals surface area contributed by atoms with Crippen molar-refractivity contribution in [2.45, 2.75) is 33.4 Å². The lowest BCUT2D eigenvalue weighted by molar-refractivity contribution is 0.0827. The molecule has 0 aromatic heterocycles. The molecule has 0 bridgehead atoms. The van der Waals surface area contributed by atoms with Crippen molar-refractivity contribution in [1.29, 1.82) is 0 Å². The molecule has 2 rings (SSSR count). The maximum atomic E-state index is 13.6. The fraction of sp³-hybridized carbons (Fsp3) is 0.562. The van der Waals surface area contributed by atoms with Crippen LogP contribution in [0.2, 0.25) is 0 Å². The van der Waals surface area contributed by atoms with Gasteiger partial charge in [0.05, 0.1) is 5.56 Å². The molecular formula is C16H23FN2O2. The Kier molecular flexibility index (Phi) is 4.96. The Morgan fingerprint density at radius 2 is 2.14 bits per heavy atom. The number of hydrogen-bond donors (Lipinski definition) is 1. The standard InChI is InChI=1S/C16H23FN2O2/c1-4-19-6-5-18(9-11(19)2)10-13-7-14(17)8-15(12(3)20)16(13)21/h7-8,11,21H,4-6,9-10H2,1-3H3. The molecule has 1 fully saturated rings. The van der Waals surface area contributed by atoms with Crippen molar-refractivity contribution in [2.75, 3.05) is 26.2 Å². The van der Waals surface area contributed by atoms with Gasteiger partial charge >= 0.3 is 0 Å². The molecule has 0 aliphatic carbocycles. The summed E-state index contributed by atoms with van der Waals surface area (Å²) >= 11 is 0. The molecule has 1 aromatic rings. The van der Waals surface area contributed by atoms with Crippen LogP contribution in [0.3, 0.4) is 0 Å². The summed E-state index contributed by atoms with van der Waals surface area (Å²) in [4.78, 5) is 16.0. The third-order valence-corrected chi connectivity index (χ3v) is 4.18. The van der Waals surface area contributed by atoms with Crippen molar-refractivity contribution >= 4 is 5.78 Å². The number of carbonyl (C=O) groups is 1. The lowest BCUT2D eigenvalue weighted by Gasteiger charge is -2.39. The van der Waals surface area contributed by atoms with Gasteiger partial charge in [-0.15, -0.1) is 0 Å². The van der Waals surface area contributed by atoms with Crippen LogP contribution >= 0.6 is 0 Å². The van der Waals surface area contributed by atoms with Gasteiger partial charge in [-0.25, -0.2) is 4.39 Å². The summed E-state index contributed by atoms with van der Waals surface area (Å²) < 4.78 is 13.6. The van der Waals surface area contributed by atoms with E-state index >= 15 is 0 Å². The molecule has 1 saturated heterocycles. The fourth-order valence-corrected chi connectivity index (χ4v) is 2.97. The maximum Gasteiger partial charge on any atom is 0.163 e. The number of piperazine rings is 1. The Balaban J connectivity index is 2.15. The zero-order chi connectivity index (χ0) is 15.6. The molecule has 0 amide bonds. The van der Waals surface area contributed by atoms with Gasteiger partial charge < -0.3 is 5.11 Å². The van der Waals surface area contributed by atoms with E-state index in [0.29, 0.717) is 18.2 Å². The van der Waals surface area contributed by atoms with E-state index < -0.39 is 5.82 Å². The summed E-state index contributed by atoms with van der Waals surface area (Å²) in [5.74, 6) is -0.889. The van der Waals surface area contributed by atoms with E-state index in [1.807, 2.05) is 0 Å². The number of Topliss-reactive ketones (excluding diaryl/α,β-unsaturated/α-hetero) is 1.